The molecule has 3 N–H and O–H groups in total. The second-order valence-electron chi connectivity index (χ2n) is 3.99. The zero-order chi connectivity index (χ0) is 11.3. The van der Waals surface area contributed by atoms with Gasteiger partial charge in [-0.05, 0) is 13.8 Å². The van der Waals surface area contributed by atoms with Gasteiger partial charge in [0.2, 0.25) is 5.91 Å². The van der Waals surface area contributed by atoms with Crippen LogP contribution in [0.15, 0.2) is 0 Å². The van der Waals surface area contributed by atoms with E-state index in [4.69, 9.17) is 15.2 Å². The molecule has 5 heteroatoms. The third-order valence-electron chi connectivity index (χ3n) is 2.77. The molecule has 0 aromatic heterocycles. The smallest absolute Gasteiger partial charge is 0.230 e. The Bertz CT molecular complexity index is 223. The van der Waals surface area contributed by atoms with Gasteiger partial charge in [0, 0.05) is 19.2 Å². The van der Waals surface area contributed by atoms with Gasteiger partial charge in [-0.2, -0.15) is 0 Å². The summed E-state index contributed by atoms with van der Waals surface area (Å²) in [6.45, 7) is 6.33. The van der Waals surface area contributed by atoms with Gasteiger partial charge in [0.05, 0.1) is 25.2 Å². The Balaban J connectivity index is 2.32. The van der Waals surface area contributed by atoms with Crippen molar-refractivity contribution in [1.82, 2.24) is 5.32 Å². The first-order valence-electron chi connectivity index (χ1n) is 5.30. The molecule has 0 saturated carbocycles. The Morgan fingerprint density at radius 3 is 3.00 bits per heavy atom. The molecule has 2 atom stereocenters. The van der Waals surface area contributed by atoms with Crippen molar-refractivity contribution in [3.05, 3.63) is 0 Å². The van der Waals surface area contributed by atoms with Crippen molar-refractivity contribution in [2.45, 2.75) is 19.9 Å². The van der Waals surface area contributed by atoms with E-state index in [9.17, 15) is 4.79 Å². The van der Waals surface area contributed by atoms with Gasteiger partial charge in [0.1, 0.15) is 0 Å². The fourth-order valence-electron chi connectivity index (χ4n) is 1.51. The van der Waals surface area contributed by atoms with Gasteiger partial charge in [-0.15, -0.1) is 0 Å². The van der Waals surface area contributed by atoms with E-state index in [0.717, 1.165) is 0 Å². The molecule has 1 rings (SSSR count). The first-order chi connectivity index (χ1) is 7.11. The number of carbonyl (C=O) groups is 1. The molecule has 1 fully saturated rings. The van der Waals surface area contributed by atoms with Crippen LogP contribution in [0.1, 0.15) is 13.8 Å². The van der Waals surface area contributed by atoms with E-state index < -0.39 is 5.41 Å². The molecule has 5 nitrogen and oxygen atoms in total. The van der Waals surface area contributed by atoms with E-state index in [2.05, 4.69) is 5.32 Å². The van der Waals surface area contributed by atoms with Crippen molar-refractivity contribution in [2.24, 2.45) is 11.1 Å². The summed E-state index contributed by atoms with van der Waals surface area (Å²) in [7, 11) is 0. The summed E-state index contributed by atoms with van der Waals surface area (Å²) in [5.74, 6) is -0.0489. The largest absolute Gasteiger partial charge is 0.380 e. The van der Waals surface area contributed by atoms with Gasteiger partial charge in [-0.3, -0.25) is 4.79 Å². The highest BCUT2D eigenvalue weighted by Gasteiger charge is 2.44. The highest BCUT2D eigenvalue weighted by atomic mass is 16.5. The van der Waals surface area contributed by atoms with Gasteiger partial charge in [-0.1, -0.05) is 0 Å². The van der Waals surface area contributed by atoms with Crippen molar-refractivity contribution in [2.75, 3.05) is 33.0 Å². The third kappa shape index (κ3) is 2.90. The Labute approximate surface area is 90.3 Å². The zero-order valence-corrected chi connectivity index (χ0v) is 9.41. The molecule has 15 heavy (non-hydrogen) atoms. The summed E-state index contributed by atoms with van der Waals surface area (Å²) in [6.07, 6.45) is 0. The standard InChI is InChI=1S/C10H20N2O3/c1-3-14-5-4-12-9(13)10(2)7-15-6-8(10)11/h8H,3-7,11H2,1-2H3,(H,12,13). The lowest BCUT2D eigenvalue weighted by Crippen LogP contribution is -2.50. The lowest BCUT2D eigenvalue weighted by Gasteiger charge is -2.25. The SMILES string of the molecule is CCOCCNC(=O)C1(C)COCC1N. The van der Waals surface area contributed by atoms with Gasteiger partial charge in [0.25, 0.3) is 0 Å². The number of ether oxygens (including phenoxy) is 2. The quantitative estimate of drug-likeness (QED) is 0.608. The van der Waals surface area contributed by atoms with Crippen LogP contribution in [0, 0.1) is 5.41 Å². The van der Waals surface area contributed by atoms with Gasteiger partial charge < -0.3 is 20.5 Å². The van der Waals surface area contributed by atoms with Crippen LogP contribution in [0.4, 0.5) is 0 Å². The van der Waals surface area contributed by atoms with E-state index in [1.807, 2.05) is 13.8 Å². The summed E-state index contributed by atoms with van der Waals surface area (Å²) in [6, 6.07) is -0.218. The highest BCUT2D eigenvalue weighted by molar-refractivity contribution is 5.83. The molecule has 1 amide bonds. The number of amides is 1. The third-order valence-corrected chi connectivity index (χ3v) is 2.77. The molecule has 0 radical (unpaired) electrons. The monoisotopic (exact) mass is 216 g/mol. The number of carbonyl (C=O) groups excluding carboxylic acids is 1. The minimum Gasteiger partial charge on any atom is -0.380 e. The first kappa shape index (κ1) is 12.4. The van der Waals surface area contributed by atoms with Crippen LogP contribution in [0.5, 0.6) is 0 Å². The van der Waals surface area contributed by atoms with Gasteiger partial charge in [0.15, 0.2) is 0 Å². The highest BCUT2D eigenvalue weighted by Crippen LogP contribution is 2.26. The second kappa shape index (κ2) is 5.44. The lowest BCUT2D eigenvalue weighted by molar-refractivity contribution is -0.130. The predicted molar refractivity (Wildman–Crippen MR) is 56.4 cm³/mol. The van der Waals surface area contributed by atoms with Crippen LogP contribution in [0.2, 0.25) is 0 Å². The summed E-state index contributed by atoms with van der Waals surface area (Å²) in [4.78, 5) is 11.8. The van der Waals surface area contributed by atoms with E-state index in [1.54, 1.807) is 0 Å². The molecule has 0 aromatic carbocycles. The Hall–Kier alpha value is -0.650. The molecule has 0 bridgehead atoms. The van der Waals surface area contributed by atoms with Crippen LogP contribution < -0.4 is 11.1 Å². The molecular formula is C10H20N2O3. The maximum atomic E-state index is 11.8. The Morgan fingerprint density at radius 1 is 1.73 bits per heavy atom. The van der Waals surface area contributed by atoms with Crippen molar-refractivity contribution in [3.8, 4) is 0 Å². The normalized spacial score (nSPS) is 30.5. The molecular weight excluding hydrogens is 196 g/mol. The van der Waals surface area contributed by atoms with Crippen LogP contribution in [0.3, 0.4) is 0 Å². The second-order valence-corrected chi connectivity index (χ2v) is 3.99. The maximum Gasteiger partial charge on any atom is 0.230 e. The average Bonchev–Trinajstić information content (AvgIpc) is 2.55. The molecule has 0 aliphatic carbocycles. The molecule has 0 aromatic rings. The van der Waals surface area contributed by atoms with E-state index in [-0.39, 0.29) is 11.9 Å². The van der Waals surface area contributed by atoms with Crippen molar-refractivity contribution >= 4 is 5.91 Å². The molecule has 1 heterocycles. The molecule has 1 aliphatic heterocycles. The topological polar surface area (TPSA) is 73.6 Å². The number of rotatable bonds is 5. The summed E-state index contributed by atoms with van der Waals surface area (Å²) < 4.78 is 10.3. The number of nitrogens with one attached hydrogen (secondary N) is 1. The van der Waals surface area contributed by atoms with E-state index in [0.29, 0.717) is 33.0 Å². The van der Waals surface area contributed by atoms with E-state index in [1.165, 1.54) is 0 Å². The lowest BCUT2D eigenvalue weighted by atomic mass is 9.85. The Kier molecular flexibility index (Phi) is 4.50. The van der Waals surface area contributed by atoms with Crippen LogP contribution >= 0.6 is 0 Å². The predicted octanol–water partition coefficient (Wildman–Crippen LogP) is -0.497. The van der Waals surface area contributed by atoms with Gasteiger partial charge >= 0.3 is 0 Å². The number of hydrogen-bond acceptors (Lipinski definition) is 4. The fourth-order valence-corrected chi connectivity index (χ4v) is 1.51. The van der Waals surface area contributed by atoms with Crippen LogP contribution in [-0.2, 0) is 14.3 Å². The maximum absolute atomic E-state index is 11.8. The average molecular weight is 216 g/mol. The molecule has 2 unspecified atom stereocenters. The minimum absolute atomic E-state index is 0.0489. The van der Waals surface area contributed by atoms with Crippen LogP contribution in [0.25, 0.3) is 0 Å². The summed E-state index contributed by atoms with van der Waals surface area (Å²) in [5, 5.41) is 2.81. The molecule has 0 spiro atoms. The number of nitrogens with two attached hydrogens (primary N) is 1. The summed E-state index contributed by atoms with van der Waals surface area (Å²) >= 11 is 0. The molecule has 88 valence electrons. The van der Waals surface area contributed by atoms with Gasteiger partial charge in [-0.25, -0.2) is 0 Å². The molecule has 1 saturated heterocycles. The van der Waals surface area contributed by atoms with E-state index >= 15 is 0 Å². The Morgan fingerprint density at radius 2 is 2.47 bits per heavy atom. The van der Waals surface area contributed by atoms with Crippen molar-refractivity contribution in [3.63, 3.8) is 0 Å². The van der Waals surface area contributed by atoms with Crippen molar-refractivity contribution in [1.29, 1.82) is 0 Å². The van der Waals surface area contributed by atoms with Crippen LogP contribution in [-0.4, -0.2) is 44.9 Å². The fraction of sp³-hybridized carbons (Fsp3) is 0.900. The zero-order valence-electron chi connectivity index (χ0n) is 9.41. The minimum atomic E-state index is -0.591. The summed E-state index contributed by atoms with van der Waals surface area (Å²) in [5.41, 5.74) is 5.24. The van der Waals surface area contributed by atoms with Crippen molar-refractivity contribution < 1.29 is 14.3 Å². The number of hydrogen-bond donors (Lipinski definition) is 2. The first-order valence-corrected chi connectivity index (χ1v) is 5.30. The molecule has 1 aliphatic rings.